The molecule has 5 rings (SSSR count). The second kappa shape index (κ2) is 10.6. The van der Waals surface area contributed by atoms with Crippen LogP contribution in [0.25, 0.3) is 21.2 Å². The van der Waals surface area contributed by atoms with E-state index in [0.717, 1.165) is 12.2 Å². The summed E-state index contributed by atoms with van der Waals surface area (Å²) in [6, 6.07) is 21.4. The van der Waals surface area contributed by atoms with Crippen LogP contribution in [0.3, 0.4) is 0 Å². The zero-order valence-corrected chi connectivity index (χ0v) is 21.1. The third-order valence-electron chi connectivity index (χ3n) is 6.39. The molecule has 1 atom stereocenters. The molecule has 0 unspecified atom stereocenters. The van der Waals surface area contributed by atoms with E-state index in [1.54, 1.807) is 0 Å². The summed E-state index contributed by atoms with van der Waals surface area (Å²) in [5.41, 5.74) is 19.5. The first-order chi connectivity index (χ1) is 17.1. The summed E-state index contributed by atoms with van der Waals surface area (Å²) in [5.74, 6) is 7.37. The number of benzene rings is 3. The molecule has 1 fully saturated rings. The van der Waals surface area contributed by atoms with Gasteiger partial charge in [0.15, 0.2) is 0 Å². The van der Waals surface area contributed by atoms with Crippen LogP contribution in [0.4, 0.5) is 0 Å². The van der Waals surface area contributed by atoms with Crippen LogP contribution in [0.1, 0.15) is 41.5 Å². The van der Waals surface area contributed by atoms with Crippen molar-refractivity contribution < 1.29 is 4.74 Å². The van der Waals surface area contributed by atoms with Gasteiger partial charge in [-0.1, -0.05) is 48.4 Å². The Hall–Kier alpha value is -3.18. The number of hydrazine groups is 3. The van der Waals surface area contributed by atoms with Crippen molar-refractivity contribution in [2.24, 2.45) is 0 Å². The van der Waals surface area contributed by atoms with Crippen molar-refractivity contribution >= 4 is 21.4 Å². The van der Waals surface area contributed by atoms with E-state index in [2.05, 4.69) is 102 Å². The average molecular weight is 483 g/mol. The van der Waals surface area contributed by atoms with Crippen LogP contribution >= 0.6 is 11.3 Å². The highest BCUT2D eigenvalue weighted by Crippen LogP contribution is 2.38. The lowest BCUT2D eigenvalue weighted by atomic mass is 9.95. The van der Waals surface area contributed by atoms with Gasteiger partial charge in [-0.2, -0.15) is 11.1 Å². The van der Waals surface area contributed by atoms with E-state index in [4.69, 9.17) is 4.74 Å². The zero-order chi connectivity index (χ0) is 24.2. The topological polar surface area (TPSA) is 57.3 Å². The molecule has 0 spiro atoms. The normalized spacial score (nSPS) is 14.6. The summed E-state index contributed by atoms with van der Waals surface area (Å²) in [6.45, 7) is 6.78. The third kappa shape index (κ3) is 5.25. The summed E-state index contributed by atoms with van der Waals surface area (Å²) in [7, 11) is 0. The molecule has 0 aliphatic carbocycles. The van der Waals surface area contributed by atoms with E-state index >= 15 is 0 Å². The van der Waals surface area contributed by atoms with E-state index in [9.17, 15) is 0 Å². The highest BCUT2D eigenvalue weighted by Gasteiger charge is 2.19. The molecule has 0 radical (unpaired) electrons. The van der Waals surface area contributed by atoms with Crippen LogP contribution in [0, 0.1) is 25.7 Å². The minimum Gasteiger partial charge on any atom is -0.489 e. The highest BCUT2D eigenvalue weighted by atomic mass is 32.1. The van der Waals surface area contributed by atoms with E-state index in [0.29, 0.717) is 6.61 Å². The largest absolute Gasteiger partial charge is 0.489 e. The molecule has 178 valence electrons. The first-order valence-corrected chi connectivity index (χ1v) is 12.7. The number of nitrogens with one attached hydrogen (secondary N) is 4. The monoisotopic (exact) mass is 482 g/mol. The number of hydrogen-bond acceptors (Lipinski definition) is 6. The van der Waals surface area contributed by atoms with Gasteiger partial charge in [0.2, 0.25) is 0 Å². The van der Waals surface area contributed by atoms with Crippen molar-refractivity contribution in [1.29, 1.82) is 0 Å². The van der Waals surface area contributed by atoms with E-state index in [1.165, 1.54) is 43.5 Å². The summed E-state index contributed by atoms with van der Waals surface area (Å²) < 4.78 is 7.54. The Balaban J connectivity index is 1.32. The number of fused-ring (bicyclic) bond motifs is 1. The summed E-state index contributed by atoms with van der Waals surface area (Å²) in [5, 5.41) is 3.58. The SMILES string of the molecule is CC#C[C@@H](CC1NNNN1)c1ccc(OCc2cc(C)c3scc(-c4ccccc4C)c3c2)cc1. The van der Waals surface area contributed by atoms with E-state index in [1.807, 2.05) is 30.4 Å². The smallest absolute Gasteiger partial charge is 0.119 e. The first kappa shape index (κ1) is 23.6. The zero-order valence-electron chi connectivity index (χ0n) is 20.2. The van der Waals surface area contributed by atoms with Crippen LogP contribution in [-0.4, -0.2) is 6.17 Å². The van der Waals surface area contributed by atoms with Gasteiger partial charge in [0.25, 0.3) is 0 Å². The van der Waals surface area contributed by atoms with Crippen LogP contribution in [-0.2, 0) is 6.61 Å². The Kier molecular flexibility index (Phi) is 7.14. The second-order valence-electron chi connectivity index (χ2n) is 8.89. The van der Waals surface area contributed by atoms with Crippen molar-refractivity contribution in [2.75, 3.05) is 0 Å². The Morgan fingerprint density at radius 3 is 2.46 bits per heavy atom. The Morgan fingerprint density at radius 1 is 0.943 bits per heavy atom. The molecule has 1 aliphatic heterocycles. The lowest BCUT2D eigenvalue weighted by Gasteiger charge is -2.16. The fourth-order valence-corrected chi connectivity index (χ4v) is 5.64. The molecule has 1 aliphatic rings. The average Bonchev–Trinajstić information content (AvgIpc) is 3.54. The maximum Gasteiger partial charge on any atom is 0.119 e. The van der Waals surface area contributed by atoms with Gasteiger partial charge in [-0.3, -0.25) is 0 Å². The molecular formula is C29H30N4OS. The minimum atomic E-state index is 0.108. The van der Waals surface area contributed by atoms with Crippen molar-refractivity contribution in [2.45, 2.75) is 45.9 Å². The number of aryl methyl sites for hydroxylation is 2. The maximum atomic E-state index is 6.19. The molecule has 3 aromatic carbocycles. The summed E-state index contributed by atoms with van der Waals surface area (Å²) in [4.78, 5) is 0. The Labute approximate surface area is 210 Å². The number of thiophene rings is 1. The molecule has 6 heteroatoms. The van der Waals surface area contributed by atoms with Gasteiger partial charge < -0.3 is 4.74 Å². The molecule has 5 nitrogen and oxygen atoms in total. The van der Waals surface area contributed by atoms with Gasteiger partial charge in [0.05, 0.1) is 6.17 Å². The lowest BCUT2D eigenvalue weighted by Crippen LogP contribution is -2.35. The highest BCUT2D eigenvalue weighted by molar-refractivity contribution is 7.18. The van der Waals surface area contributed by atoms with Gasteiger partial charge in [-0.05, 0) is 78.6 Å². The van der Waals surface area contributed by atoms with Crippen LogP contribution in [0.15, 0.2) is 66.0 Å². The number of ether oxygens (including phenoxy) is 1. The Bertz CT molecular complexity index is 1380. The molecule has 1 saturated heterocycles. The van der Waals surface area contributed by atoms with E-state index in [-0.39, 0.29) is 12.1 Å². The molecular weight excluding hydrogens is 452 g/mol. The fourth-order valence-electron chi connectivity index (χ4n) is 4.61. The molecule has 4 aromatic rings. The first-order valence-electron chi connectivity index (χ1n) is 11.8. The van der Waals surface area contributed by atoms with Crippen molar-refractivity contribution in [3.05, 3.63) is 88.3 Å². The van der Waals surface area contributed by atoms with Crippen molar-refractivity contribution in [1.82, 2.24) is 21.9 Å². The minimum absolute atomic E-state index is 0.108. The summed E-state index contributed by atoms with van der Waals surface area (Å²) >= 11 is 1.82. The van der Waals surface area contributed by atoms with Crippen molar-refractivity contribution in [3.8, 4) is 28.7 Å². The maximum absolute atomic E-state index is 6.19. The predicted octanol–water partition coefficient (Wildman–Crippen LogP) is 5.70. The van der Waals surface area contributed by atoms with Gasteiger partial charge in [-0.15, -0.1) is 17.3 Å². The molecule has 2 heterocycles. The van der Waals surface area contributed by atoms with Gasteiger partial charge in [-0.25, -0.2) is 10.9 Å². The molecule has 1 aromatic heterocycles. The molecule has 0 saturated carbocycles. The van der Waals surface area contributed by atoms with Gasteiger partial charge in [0, 0.05) is 21.6 Å². The fraction of sp³-hybridized carbons (Fsp3) is 0.241. The number of rotatable bonds is 7. The molecule has 0 amide bonds. The molecule has 4 N–H and O–H groups in total. The van der Waals surface area contributed by atoms with Gasteiger partial charge in [0.1, 0.15) is 12.4 Å². The Morgan fingerprint density at radius 2 is 1.71 bits per heavy atom. The second-order valence-corrected chi connectivity index (χ2v) is 9.76. The predicted molar refractivity (Wildman–Crippen MR) is 145 cm³/mol. The third-order valence-corrected chi connectivity index (χ3v) is 7.52. The van der Waals surface area contributed by atoms with Crippen molar-refractivity contribution in [3.63, 3.8) is 0 Å². The quantitative estimate of drug-likeness (QED) is 0.255. The summed E-state index contributed by atoms with van der Waals surface area (Å²) in [6.07, 6.45) is 0.945. The van der Waals surface area contributed by atoms with E-state index < -0.39 is 0 Å². The van der Waals surface area contributed by atoms with Crippen LogP contribution < -0.4 is 26.7 Å². The lowest BCUT2D eigenvalue weighted by molar-refractivity contribution is 0.306. The van der Waals surface area contributed by atoms with Crippen LogP contribution in [0.2, 0.25) is 0 Å². The van der Waals surface area contributed by atoms with Crippen LogP contribution in [0.5, 0.6) is 5.75 Å². The standard InChI is InChI=1S/C29H30N4OS/c1-4-7-23(16-28-30-32-33-31-28)22-10-12-24(13-11-22)34-17-21-14-20(3)29-26(15-21)27(18-35-29)25-9-6-5-8-19(25)2/h5-6,8-15,18,23,28,30-33H,16-17H2,1-3H3/t23-/m0/s1. The van der Waals surface area contributed by atoms with Gasteiger partial charge >= 0.3 is 0 Å². The number of hydrogen-bond donors (Lipinski definition) is 4. The molecule has 35 heavy (non-hydrogen) atoms. The molecule has 0 bridgehead atoms.